The summed E-state index contributed by atoms with van der Waals surface area (Å²) in [6.45, 7) is 0. The molecule has 0 aliphatic carbocycles. The van der Waals surface area contributed by atoms with E-state index in [-0.39, 0.29) is 0 Å². The molecule has 0 N–H and O–H groups in total. The summed E-state index contributed by atoms with van der Waals surface area (Å²) >= 11 is 6.30. The van der Waals surface area contributed by atoms with E-state index in [4.69, 9.17) is 11.6 Å². The average molecular weight is 263 g/mol. The van der Waals surface area contributed by atoms with Crippen molar-refractivity contribution in [3.63, 3.8) is 0 Å². The van der Waals surface area contributed by atoms with Gasteiger partial charge in [0.15, 0.2) is 0 Å². The Morgan fingerprint density at radius 2 is 2.25 bits per heavy atom. The molecule has 0 spiro atoms. The van der Waals surface area contributed by atoms with Crippen molar-refractivity contribution in [3.8, 4) is 0 Å². The molecule has 0 rings (SSSR count). The predicted octanol–water partition coefficient (Wildman–Crippen LogP) is 1.06. The van der Waals surface area contributed by atoms with Crippen LogP contribution in [0.25, 0.3) is 0 Å². The van der Waals surface area contributed by atoms with E-state index in [2.05, 4.69) is 4.83 Å². The first-order chi connectivity index (χ1) is 1.91. The zero-order chi connectivity index (χ0) is 3.41. The van der Waals surface area contributed by atoms with Crippen LogP contribution in [0.1, 0.15) is 0 Å². The van der Waals surface area contributed by atoms with Gasteiger partial charge in [-0.15, -0.1) is 0 Å². The second-order valence-corrected chi connectivity index (χ2v) is 2.74. The number of hydrogen-bond acceptors (Lipinski definition) is 0. The van der Waals surface area contributed by atoms with Crippen molar-refractivity contribution in [2.24, 2.45) is 0 Å². The fourth-order valence-corrected chi connectivity index (χ4v) is 0. The molecule has 1 radical (unpaired) electrons. The molecule has 23 valence electrons. The van der Waals surface area contributed by atoms with Crippen LogP contribution in [0.4, 0.5) is 0 Å². The normalized spacial score (nSPS) is 5.25. The fraction of sp³-hybridized carbons (Fsp3) is 0. The third kappa shape index (κ3) is 3.07. The molecule has 3 heteroatoms. The topological polar surface area (TPSA) is 0 Å². The average Bonchev–Trinajstić information content (AvgIpc) is 1.37. The van der Waals surface area contributed by atoms with E-state index in [9.17, 15) is 0 Å². The molecule has 0 nitrogen and oxygen atoms in total. The SMILES string of the molecule is Cl[C]=[S]=[W]. The van der Waals surface area contributed by atoms with Crippen LogP contribution >= 0.6 is 20.1 Å². The Balaban J connectivity index is 3.11. The van der Waals surface area contributed by atoms with E-state index in [1.807, 2.05) is 0 Å². The van der Waals surface area contributed by atoms with Gasteiger partial charge < -0.3 is 0 Å². The van der Waals surface area contributed by atoms with Crippen molar-refractivity contribution >= 4 is 25.0 Å². The molecule has 0 aromatic heterocycles. The number of rotatable bonds is 0. The van der Waals surface area contributed by atoms with Gasteiger partial charge in [-0.25, -0.2) is 0 Å². The second kappa shape index (κ2) is 4.07. The Labute approximate surface area is 43.0 Å². The zero-order valence-electron chi connectivity index (χ0n) is 1.69. The van der Waals surface area contributed by atoms with Crippen molar-refractivity contribution < 1.29 is 18.0 Å². The van der Waals surface area contributed by atoms with Gasteiger partial charge in [0.25, 0.3) is 0 Å². The van der Waals surface area contributed by atoms with Crippen molar-refractivity contribution in [2.45, 2.75) is 0 Å². The monoisotopic (exact) mass is 263 g/mol. The Bertz CT molecular complexity index is 46.0. The predicted molar refractivity (Wildman–Crippen MR) is 18.5 cm³/mol. The number of hydrogen-bond donors (Lipinski definition) is 0. The maximum absolute atomic E-state index is 4.92. The number of halogens is 1. The van der Waals surface area contributed by atoms with Crippen LogP contribution < -0.4 is 0 Å². The van der Waals surface area contributed by atoms with E-state index >= 15 is 0 Å². The molecule has 4 heavy (non-hydrogen) atoms. The Hall–Kier alpha value is 1.07. The molecule has 0 unspecified atom stereocenters. The molecular formula is CClSW. The first-order valence-electron chi connectivity index (χ1n) is 0.560. The Morgan fingerprint density at radius 3 is 2.25 bits per heavy atom. The first-order valence-corrected chi connectivity index (χ1v) is 5.27. The summed E-state index contributed by atoms with van der Waals surface area (Å²) in [6.07, 6.45) is 0. The minimum atomic E-state index is 1.38. The fourth-order valence-electron chi connectivity index (χ4n) is 0. The minimum absolute atomic E-state index is 1.38. The van der Waals surface area contributed by atoms with E-state index in [1.165, 1.54) is 26.5 Å². The summed E-state index contributed by atoms with van der Waals surface area (Å²) in [5, 5.41) is 0. The van der Waals surface area contributed by atoms with Crippen LogP contribution in [0.3, 0.4) is 0 Å². The first kappa shape index (κ1) is 5.07. The van der Waals surface area contributed by atoms with Crippen molar-refractivity contribution in [3.05, 3.63) is 0 Å². The molecule has 0 saturated carbocycles. The van der Waals surface area contributed by atoms with Crippen LogP contribution in [-0.2, 0) is 18.0 Å². The van der Waals surface area contributed by atoms with Crippen molar-refractivity contribution in [1.82, 2.24) is 0 Å². The van der Waals surface area contributed by atoms with Gasteiger partial charge >= 0.3 is 43.0 Å². The van der Waals surface area contributed by atoms with E-state index < -0.39 is 0 Å². The van der Waals surface area contributed by atoms with Gasteiger partial charge in [-0.1, -0.05) is 0 Å². The van der Waals surface area contributed by atoms with Gasteiger partial charge in [0.1, 0.15) is 0 Å². The van der Waals surface area contributed by atoms with Gasteiger partial charge in [-0.3, -0.25) is 0 Å². The molecule has 0 fully saturated rings. The van der Waals surface area contributed by atoms with Crippen LogP contribution in [0.5, 0.6) is 0 Å². The third-order valence-electron chi connectivity index (χ3n) is 0.0315. The summed E-state index contributed by atoms with van der Waals surface area (Å²) in [5.41, 5.74) is 0. The molecular weight excluding hydrogens is 263 g/mol. The maximum atomic E-state index is 4.92. The second-order valence-electron chi connectivity index (χ2n) is 0.160. The van der Waals surface area contributed by atoms with Gasteiger partial charge in [0, 0.05) is 0 Å². The van der Waals surface area contributed by atoms with Crippen molar-refractivity contribution in [2.75, 3.05) is 0 Å². The molecule has 0 aliphatic rings. The van der Waals surface area contributed by atoms with Crippen LogP contribution in [0, 0.1) is 0 Å². The molecule has 0 bridgehead atoms. The summed E-state index contributed by atoms with van der Waals surface area (Å²) in [6, 6.07) is 0. The molecule has 0 atom stereocenters. The molecule has 0 aromatic carbocycles. The van der Waals surface area contributed by atoms with Crippen LogP contribution in [0.2, 0.25) is 0 Å². The van der Waals surface area contributed by atoms with Gasteiger partial charge in [0.05, 0.1) is 0 Å². The van der Waals surface area contributed by atoms with Gasteiger partial charge in [-0.05, 0) is 0 Å². The summed E-state index contributed by atoms with van der Waals surface area (Å²) in [4.78, 5) is 2.36. The molecule has 0 aliphatic heterocycles. The molecule has 0 heterocycles. The van der Waals surface area contributed by atoms with Gasteiger partial charge in [-0.2, -0.15) is 0 Å². The van der Waals surface area contributed by atoms with Gasteiger partial charge in [0.2, 0.25) is 0 Å². The Morgan fingerprint density at radius 1 is 2.00 bits per heavy atom. The third-order valence-corrected chi connectivity index (χ3v) is 2.32. The van der Waals surface area contributed by atoms with Crippen LogP contribution in [-0.4, -0.2) is 4.83 Å². The van der Waals surface area contributed by atoms with E-state index in [0.717, 1.165) is 0 Å². The van der Waals surface area contributed by atoms with E-state index in [0.29, 0.717) is 0 Å². The summed E-state index contributed by atoms with van der Waals surface area (Å²) < 4.78 is 0. The van der Waals surface area contributed by atoms with Crippen molar-refractivity contribution in [1.29, 1.82) is 0 Å². The quantitative estimate of drug-likeness (QED) is 0.453. The Kier molecular flexibility index (Phi) is 5.15. The standard InChI is InChI=1S/CClS.W/c2-1-3;. The molecule has 0 saturated heterocycles. The zero-order valence-corrected chi connectivity index (χ0v) is 6.20. The molecule has 0 aromatic rings. The van der Waals surface area contributed by atoms with Crippen LogP contribution in [0.15, 0.2) is 0 Å². The summed E-state index contributed by atoms with van der Waals surface area (Å²) in [5.74, 6) is 0. The summed E-state index contributed by atoms with van der Waals surface area (Å²) in [7, 11) is 1.46. The molecule has 0 amide bonds. The van der Waals surface area contributed by atoms with E-state index in [1.54, 1.807) is 0 Å².